The van der Waals surface area contributed by atoms with Crippen LogP contribution >= 0.6 is 11.3 Å². The highest BCUT2D eigenvalue weighted by molar-refractivity contribution is 7.15. The Kier molecular flexibility index (Phi) is 5.30. The molecular formula is C17H25N5OS. The van der Waals surface area contributed by atoms with Crippen LogP contribution in [0.25, 0.3) is 0 Å². The lowest BCUT2D eigenvalue weighted by molar-refractivity contribution is 0.101. The van der Waals surface area contributed by atoms with Crippen LogP contribution < -0.4 is 10.6 Å². The number of carbonyl (C=O) groups excluding carboxylic acids is 1. The van der Waals surface area contributed by atoms with Crippen LogP contribution in [-0.2, 0) is 6.54 Å². The Hall–Kier alpha value is -1.73. The second-order valence-corrected chi connectivity index (χ2v) is 7.53. The number of carbonyl (C=O) groups is 1. The lowest BCUT2D eigenvalue weighted by Crippen LogP contribution is -2.26. The van der Waals surface area contributed by atoms with Crippen molar-refractivity contribution >= 4 is 22.4 Å². The van der Waals surface area contributed by atoms with Crippen molar-refractivity contribution in [3.8, 4) is 0 Å². The van der Waals surface area contributed by atoms with E-state index >= 15 is 0 Å². The fourth-order valence-corrected chi connectivity index (χ4v) is 3.92. The molecule has 2 aromatic heterocycles. The van der Waals surface area contributed by atoms with Gasteiger partial charge >= 0.3 is 0 Å². The van der Waals surface area contributed by atoms with E-state index in [1.165, 1.54) is 4.88 Å². The number of hydrogen-bond donors (Lipinski definition) is 2. The number of hydrogen-bond acceptors (Lipinski definition) is 5. The first-order valence-electron chi connectivity index (χ1n) is 8.64. The molecule has 0 aromatic carbocycles. The van der Waals surface area contributed by atoms with E-state index in [4.69, 9.17) is 0 Å². The number of aromatic nitrogens is 3. The number of piperidine rings is 1. The highest BCUT2D eigenvalue weighted by Gasteiger charge is 2.20. The molecule has 24 heavy (non-hydrogen) atoms. The van der Waals surface area contributed by atoms with Gasteiger partial charge in [0.15, 0.2) is 5.13 Å². The molecule has 0 saturated carbocycles. The second-order valence-electron chi connectivity index (χ2n) is 6.47. The Labute approximate surface area is 146 Å². The summed E-state index contributed by atoms with van der Waals surface area (Å²) in [6.45, 7) is 8.93. The van der Waals surface area contributed by atoms with Gasteiger partial charge in [0.2, 0.25) is 0 Å². The predicted octanol–water partition coefficient (Wildman–Crippen LogP) is 3.20. The van der Waals surface area contributed by atoms with Gasteiger partial charge in [-0.15, -0.1) is 11.3 Å². The minimum atomic E-state index is -0.137. The fourth-order valence-electron chi connectivity index (χ4n) is 2.94. The maximum atomic E-state index is 12.6. The van der Waals surface area contributed by atoms with Crippen molar-refractivity contribution in [1.82, 2.24) is 20.1 Å². The number of amides is 1. The van der Waals surface area contributed by atoms with Gasteiger partial charge in [-0.2, -0.15) is 5.10 Å². The topological polar surface area (TPSA) is 71.8 Å². The first kappa shape index (κ1) is 17.1. The van der Waals surface area contributed by atoms with Crippen LogP contribution in [0, 0.1) is 0 Å². The number of nitrogens with one attached hydrogen (secondary N) is 2. The monoisotopic (exact) mass is 347 g/mol. The van der Waals surface area contributed by atoms with Crippen LogP contribution in [0.2, 0.25) is 0 Å². The number of thiazole rings is 1. The summed E-state index contributed by atoms with van der Waals surface area (Å²) in [7, 11) is 0. The van der Waals surface area contributed by atoms with Crippen LogP contribution in [0.3, 0.4) is 0 Å². The molecule has 1 fully saturated rings. The van der Waals surface area contributed by atoms with Gasteiger partial charge in [0.05, 0.1) is 5.69 Å². The van der Waals surface area contributed by atoms with Crippen molar-refractivity contribution in [3.63, 3.8) is 0 Å². The molecule has 0 spiro atoms. The van der Waals surface area contributed by atoms with Gasteiger partial charge in [0.1, 0.15) is 5.69 Å². The van der Waals surface area contributed by atoms with Gasteiger partial charge in [0.25, 0.3) is 5.91 Å². The molecule has 7 heteroatoms. The second kappa shape index (κ2) is 7.44. The Morgan fingerprint density at radius 1 is 1.46 bits per heavy atom. The first-order valence-corrected chi connectivity index (χ1v) is 9.45. The van der Waals surface area contributed by atoms with Crippen LogP contribution in [0.15, 0.2) is 12.3 Å². The van der Waals surface area contributed by atoms with Crippen molar-refractivity contribution in [2.45, 2.75) is 52.0 Å². The number of nitrogens with zero attached hydrogens (tertiary/aromatic N) is 3. The number of anilines is 1. The third kappa shape index (κ3) is 3.67. The summed E-state index contributed by atoms with van der Waals surface area (Å²) >= 11 is 1.59. The van der Waals surface area contributed by atoms with Crippen molar-refractivity contribution in [2.75, 3.05) is 18.4 Å². The molecule has 3 rings (SSSR count). The van der Waals surface area contributed by atoms with E-state index in [9.17, 15) is 4.79 Å². The Balaban J connectivity index is 1.72. The molecule has 1 aliphatic rings. The molecule has 0 unspecified atom stereocenters. The summed E-state index contributed by atoms with van der Waals surface area (Å²) in [6, 6.07) is 1.88. The third-order valence-corrected chi connectivity index (χ3v) is 5.48. The average molecular weight is 347 g/mol. The lowest BCUT2D eigenvalue weighted by atomic mass is 9.97. The van der Waals surface area contributed by atoms with Crippen LogP contribution in [0.5, 0.6) is 0 Å². The van der Waals surface area contributed by atoms with Gasteiger partial charge in [-0.05, 0) is 50.8 Å². The van der Waals surface area contributed by atoms with Crippen LogP contribution in [0.4, 0.5) is 5.13 Å². The van der Waals surface area contributed by atoms with Crippen molar-refractivity contribution < 1.29 is 4.79 Å². The number of rotatable bonds is 5. The minimum absolute atomic E-state index is 0.137. The molecule has 0 atom stereocenters. The molecule has 6 nitrogen and oxygen atoms in total. The molecule has 2 aromatic rings. The molecule has 1 amide bonds. The molecule has 1 aliphatic heterocycles. The van der Waals surface area contributed by atoms with E-state index in [1.54, 1.807) is 16.0 Å². The van der Waals surface area contributed by atoms with E-state index in [0.717, 1.165) is 31.6 Å². The summed E-state index contributed by atoms with van der Waals surface area (Å²) in [5, 5.41) is 11.5. The minimum Gasteiger partial charge on any atom is -0.317 e. The fraction of sp³-hybridized carbons (Fsp3) is 0.588. The normalized spacial score (nSPS) is 15.8. The Morgan fingerprint density at radius 3 is 2.88 bits per heavy atom. The van der Waals surface area contributed by atoms with Crippen molar-refractivity contribution in [2.24, 2.45) is 0 Å². The highest BCUT2D eigenvalue weighted by Crippen LogP contribution is 2.31. The largest absolute Gasteiger partial charge is 0.317 e. The van der Waals surface area contributed by atoms with Gasteiger partial charge in [-0.1, -0.05) is 13.8 Å². The van der Waals surface area contributed by atoms with E-state index < -0.39 is 0 Å². The molecule has 130 valence electrons. The summed E-state index contributed by atoms with van der Waals surface area (Å²) in [4.78, 5) is 18.3. The summed E-state index contributed by atoms with van der Waals surface area (Å²) in [5.41, 5.74) is 1.54. The first-order chi connectivity index (χ1) is 11.6. The zero-order valence-corrected chi connectivity index (χ0v) is 15.3. The summed E-state index contributed by atoms with van der Waals surface area (Å²) in [5.74, 6) is 0.723. The maximum absolute atomic E-state index is 12.6. The molecule has 0 radical (unpaired) electrons. The molecule has 1 saturated heterocycles. The maximum Gasteiger partial charge on any atom is 0.275 e. The van der Waals surface area contributed by atoms with E-state index in [0.29, 0.717) is 29.2 Å². The predicted molar refractivity (Wildman–Crippen MR) is 96.9 cm³/mol. The number of aryl methyl sites for hydroxylation is 1. The van der Waals surface area contributed by atoms with Crippen molar-refractivity contribution in [3.05, 3.63) is 28.5 Å². The van der Waals surface area contributed by atoms with Crippen molar-refractivity contribution in [1.29, 1.82) is 0 Å². The molecule has 0 bridgehead atoms. The van der Waals surface area contributed by atoms with Crippen LogP contribution in [-0.4, -0.2) is 33.8 Å². The SMILES string of the molecule is CCn1nc(C(C)C)cc1C(=O)Nc1ncc(C2CCNCC2)s1. The summed E-state index contributed by atoms with van der Waals surface area (Å²) < 4.78 is 1.76. The van der Waals surface area contributed by atoms with Gasteiger partial charge < -0.3 is 5.32 Å². The zero-order chi connectivity index (χ0) is 17.1. The standard InChI is InChI=1S/C17H25N5OS/c1-4-22-14(9-13(21-22)11(2)3)16(23)20-17-19-10-15(24-17)12-5-7-18-8-6-12/h9-12,18H,4-8H2,1-3H3,(H,19,20,23). The molecule has 0 aliphatic carbocycles. The van der Waals surface area contributed by atoms with E-state index in [2.05, 4.69) is 34.6 Å². The quantitative estimate of drug-likeness (QED) is 0.871. The summed E-state index contributed by atoms with van der Waals surface area (Å²) in [6.07, 6.45) is 4.18. The Bertz CT molecular complexity index is 700. The average Bonchev–Trinajstić information content (AvgIpc) is 3.22. The van der Waals surface area contributed by atoms with Gasteiger partial charge in [-0.3, -0.25) is 14.8 Å². The molecular weight excluding hydrogens is 322 g/mol. The van der Waals surface area contributed by atoms with E-state index in [1.807, 2.05) is 19.2 Å². The molecule has 3 heterocycles. The smallest absolute Gasteiger partial charge is 0.275 e. The zero-order valence-electron chi connectivity index (χ0n) is 14.5. The van der Waals surface area contributed by atoms with E-state index in [-0.39, 0.29) is 5.91 Å². The van der Waals surface area contributed by atoms with Crippen LogP contribution in [0.1, 0.15) is 66.5 Å². The highest BCUT2D eigenvalue weighted by atomic mass is 32.1. The third-order valence-electron chi connectivity index (χ3n) is 4.41. The van der Waals surface area contributed by atoms with Gasteiger partial charge in [0, 0.05) is 17.6 Å². The van der Waals surface area contributed by atoms with Gasteiger partial charge in [-0.25, -0.2) is 4.98 Å². The molecule has 2 N–H and O–H groups in total. The Morgan fingerprint density at radius 2 is 2.21 bits per heavy atom. The lowest BCUT2D eigenvalue weighted by Gasteiger charge is -2.20.